The van der Waals surface area contributed by atoms with Crippen LogP contribution in [-0.4, -0.2) is 10.2 Å². The minimum atomic E-state index is 0.643. The van der Waals surface area contributed by atoms with Crippen molar-refractivity contribution in [2.24, 2.45) is 0 Å². The molecule has 0 saturated carbocycles. The van der Waals surface area contributed by atoms with E-state index in [1.54, 1.807) is 6.20 Å². The first-order chi connectivity index (χ1) is 9.33. The lowest BCUT2D eigenvalue weighted by atomic mass is 10.0. The molecule has 0 saturated heterocycles. The Balaban J connectivity index is 1.98. The van der Waals surface area contributed by atoms with E-state index in [0.29, 0.717) is 4.64 Å². The van der Waals surface area contributed by atoms with Crippen LogP contribution >= 0.6 is 12.2 Å². The molecule has 0 atom stereocenters. The van der Waals surface area contributed by atoms with Gasteiger partial charge in [-0.25, -0.2) is 0 Å². The van der Waals surface area contributed by atoms with E-state index in [-0.39, 0.29) is 0 Å². The molecule has 2 nitrogen and oxygen atoms in total. The summed E-state index contributed by atoms with van der Waals surface area (Å²) in [6, 6.07) is 20.7. The number of benzene rings is 2. The molecule has 3 heteroatoms. The fourth-order valence-corrected chi connectivity index (χ4v) is 2.20. The van der Waals surface area contributed by atoms with Crippen molar-refractivity contribution in [3.05, 3.63) is 71.5 Å². The largest absolute Gasteiger partial charge is 0.268 e. The lowest BCUT2D eigenvalue weighted by molar-refractivity contribution is 1.02. The Morgan fingerprint density at radius 2 is 1.32 bits per heavy atom. The highest BCUT2D eigenvalue weighted by Gasteiger charge is 2.00. The zero-order chi connectivity index (χ0) is 13.1. The average Bonchev–Trinajstić information content (AvgIpc) is 2.48. The van der Waals surface area contributed by atoms with Gasteiger partial charge in [0.1, 0.15) is 4.64 Å². The van der Waals surface area contributed by atoms with E-state index in [1.807, 2.05) is 24.3 Å². The van der Waals surface area contributed by atoms with E-state index >= 15 is 0 Å². The predicted octanol–water partition coefficient (Wildman–Crippen LogP) is 4.47. The van der Waals surface area contributed by atoms with Crippen LogP contribution in [0.1, 0.15) is 0 Å². The molecule has 0 unspecified atom stereocenters. The molecule has 1 aromatic heterocycles. The van der Waals surface area contributed by atoms with E-state index in [0.717, 1.165) is 11.1 Å². The summed E-state index contributed by atoms with van der Waals surface area (Å²) in [6.07, 6.45) is 1.79. The van der Waals surface area contributed by atoms with Gasteiger partial charge in [0.05, 0.1) is 6.20 Å². The molecule has 0 radical (unpaired) electrons. The summed E-state index contributed by atoms with van der Waals surface area (Å²) in [5.41, 5.74) is 4.58. The maximum atomic E-state index is 5.08. The second-order valence-corrected chi connectivity index (χ2v) is 4.72. The smallest absolute Gasteiger partial charge is 0.120 e. The number of nitrogens with zero attached hydrogens (tertiary/aromatic N) is 1. The molecule has 0 fully saturated rings. The SMILES string of the molecule is S=c1cc(-c2ccc(-c3ccccc3)cc2)cn[nH]1. The van der Waals surface area contributed by atoms with Gasteiger partial charge in [-0.1, -0.05) is 66.8 Å². The quantitative estimate of drug-likeness (QED) is 0.692. The first kappa shape index (κ1) is 11.8. The number of rotatable bonds is 2. The van der Waals surface area contributed by atoms with Crippen LogP contribution in [0.4, 0.5) is 0 Å². The maximum absolute atomic E-state index is 5.08. The van der Waals surface area contributed by atoms with Crippen molar-refractivity contribution < 1.29 is 0 Å². The molecule has 92 valence electrons. The summed E-state index contributed by atoms with van der Waals surface area (Å²) < 4.78 is 0.643. The van der Waals surface area contributed by atoms with Gasteiger partial charge in [-0.3, -0.25) is 5.10 Å². The molecule has 3 rings (SSSR count). The number of H-pyrrole nitrogens is 1. The monoisotopic (exact) mass is 264 g/mol. The Morgan fingerprint density at radius 3 is 1.95 bits per heavy atom. The van der Waals surface area contributed by atoms with Gasteiger partial charge in [0.25, 0.3) is 0 Å². The molecular weight excluding hydrogens is 252 g/mol. The van der Waals surface area contributed by atoms with Crippen molar-refractivity contribution in [2.45, 2.75) is 0 Å². The first-order valence-electron chi connectivity index (χ1n) is 6.03. The molecule has 3 aromatic rings. The van der Waals surface area contributed by atoms with Crippen LogP contribution in [0.2, 0.25) is 0 Å². The fraction of sp³-hybridized carbons (Fsp3) is 0. The molecule has 0 spiro atoms. The van der Waals surface area contributed by atoms with Gasteiger partial charge in [0.15, 0.2) is 0 Å². The Labute approximate surface area is 116 Å². The van der Waals surface area contributed by atoms with Gasteiger partial charge in [-0.05, 0) is 22.8 Å². The molecule has 0 bridgehead atoms. The topological polar surface area (TPSA) is 28.7 Å². The number of aromatic nitrogens is 2. The van der Waals surface area contributed by atoms with Gasteiger partial charge in [-0.2, -0.15) is 5.10 Å². The zero-order valence-electron chi connectivity index (χ0n) is 10.2. The van der Waals surface area contributed by atoms with Crippen molar-refractivity contribution in [3.8, 4) is 22.3 Å². The normalized spacial score (nSPS) is 10.3. The zero-order valence-corrected chi connectivity index (χ0v) is 11.0. The highest BCUT2D eigenvalue weighted by Crippen LogP contribution is 2.23. The second-order valence-electron chi connectivity index (χ2n) is 4.28. The molecular formula is C16H12N2S. The molecule has 1 heterocycles. The average molecular weight is 264 g/mol. The van der Waals surface area contributed by atoms with Crippen molar-refractivity contribution in [1.29, 1.82) is 0 Å². The number of aromatic amines is 1. The lowest BCUT2D eigenvalue weighted by Crippen LogP contribution is -1.84. The summed E-state index contributed by atoms with van der Waals surface area (Å²) >= 11 is 5.08. The highest BCUT2D eigenvalue weighted by atomic mass is 32.1. The Hall–Kier alpha value is -2.26. The lowest BCUT2D eigenvalue weighted by Gasteiger charge is -2.04. The minimum absolute atomic E-state index is 0.643. The van der Waals surface area contributed by atoms with Gasteiger partial charge >= 0.3 is 0 Å². The van der Waals surface area contributed by atoms with Gasteiger partial charge in [0.2, 0.25) is 0 Å². The predicted molar refractivity (Wildman–Crippen MR) is 80.3 cm³/mol. The third kappa shape index (κ3) is 2.61. The van der Waals surface area contributed by atoms with Crippen molar-refractivity contribution in [1.82, 2.24) is 10.2 Å². The van der Waals surface area contributed by atoms with Crippen LogP contribution in [0, 0.1) is 4.64 Å². The highest BCUT2D eigenvalue weighted by molar-refractivity contribution is 7.71. The van der Waals surface area contributed by atoms with Crippen LogP contribution in [0.15, 0.2) is 66.9 Å². The molecule has 0 aliphatic heterocycles. The van der Waals surface area contributed by atoms with E-state index < -0.39 is 0 Å². The van der Waals surface area contributed by atoms with Crippen LogP contribution in [-0.2, 0) is 0 Å². The molecule has 19 heavy (non-hydrogen) atoms. The van der Waals surface area contributed by atoms with E-state index in [9.17, 15) is 0 Å². The Kier molecular flexibility index (Phi) is 3.21. The summed E-state index contributed by atoms with van der Waals surface area (Å²) in [7, 11) is 0. The Bertz CT molecular complexity index is 730. The van der Waals surface area contributed by atoms with Crippen molar-refractivity contribution >= 4 is 12.2 Å². The van der Waals surface area contributed by atoms with Gasteiger partial charge in [0, 0.05) is 5.56 Å². The van der Waals surface area contributed by atoms with Crippen LogP contribution in [0.3, 0.4) is 0 Å². The van der Waals surface area contributed by atoms with Crippen LogP contribution in [0.25, 0.3) is 22.3 Å². The third-order valence-corrected chi connectivity index (χ3v) is 3.20. The van der Waals surface area contributed by atoms with Gasteiger partial charge < -0.3 is 0 Å². The number of nitrogens with one attached hydrogen (secondary N) is 1. The van der Waals surface area contributed by atoms with Crippen molar-refractivity contribution in [3.63, 3.8) is 0 Å². The molecule has 0 aliphatic rings. The number of hydrogen-bond acceptors (Lipinski definition) is 2. The third-order valence-electron chi connectivity index (χ3n) is 2.99. The van der Waals surface area contributed by atoms with E-state index in [2.05, 4.69) is 46.6 Å². The molecule has 1 N–H and O–H groups in total. The molecule has 0 amide bonds. The summed E-state index contributed by atoms with van der Waals surface area (Å²) in [5, 5.41) is 6.76. The standard InChI is InChI=1S/C16H12N2S/c19-16-10-15(11-17-18-16)14-8-6-13(7-9-14)12-4-2-1-3-5-12/h1-11H,(H,18,19). The number of hydrogen-bond donors (Lipinski definition) is 1. The first-order valence-corrected chi connectivity index (χ1v) is 6.44. The summed E-state index contributed by atoms with van der Waals surface area (Å²) in [6.45, 7) is 0. The van der Waals surface area contributed by atoms with E-state index in [1.165, 1.54) is 11.1 Å². The minimum Gasteiger partial charge on any atom is -0.268 e. The van der Waals surface area contributed by atoms with Crippen LogP contribution in [0.5, 0.6) is 0 Å². The summed E-state index contributed by atoms with van der Waals surface area (Å²) in [5.74, 6) is 0. The Morgan fingerprint density at radius 1 is 0.737 bits per heavy atom. The molecule has 0 aliphatic carbocycles. The van der Waals surface area contributed by atoms with E-state index in [4.69, 9.17) is 12.2 Å². The fourth-order valence-electron chi connectivity index (χ4n) is 2.02. The molecule has 2 aromatic carbocycles. The van der Waals surface area contributed by atoms with Crippen molar-refractivity contribution in [2.75, 3.05) is 0 Å². The summed E-state index contributed by atoms with van der Waals surface area (Å²) in [4.78, 5) is 0. The van der Waals surface area contributed by atoms with Gasteiger partial charge in [-0.15, -0.1) is 0 Å². The second kappa shape index (κ2) is 5.16. The van der Waals surface area contributed by atoms with Crippen LogP contribution < -0.4 is 0 Å². The maximum Gasteiger partial charge on any atom is 0.120 e.